The molecule has 7 heteroatoms. The van der Waals surface area contributed by atoms with Crippen LogP contribution in [0.4, 0.5) is 0 Å². The minimum absolute atomic E-state index is 0.0576. The molecule has 1 fully saturated rings. The Bertz CT molecular complexity index is 747. The van der Waals surface area contributed by atoms with Crippen LogP contribution in [0.15, 0.2) is 36.5 Å². The molecular formula is C17H19N3O4. The molecule has 1 saturated carbocycles. The Kier molecular flexibility index (Phi) is 4.24. The predicted octanol–water partition coefficient (Wildman–Crippen LogP) is 2.01. The number of aromatic nitrogens is 2. The van der Waals surface area contributed by atoms with Crippen LogP contribution in [0.25, 0.3) is 5.69 Å². The molecule has 0 aliphatic heterocycles. The zero-order valence-electron chi connectivity index (χ0n) is 13.4. The number of rotatable bonds is 6. The molecule has 1 aliphatic carbocycles. The lowest BCUT2D eigenvalue weighted by Crippen LogP contribution is -2.54. The van der Waals surface area contributed by atoms with Crippen LogP contribution < -0.4 is 10.1 Å². The first-order valence-corrected chi connectivity index (χ1v) is 7.76. The Balaban J connectivity index is 1.72. The third-order valence-corrected chi connectivity index (χ3v) is 4.34. The molecule has 0 atom stereocenters. The van der Waals surface area contributed by atoms with E-state index in [0.717, 1.165) is 17.9 Å². The molecule has 1 aromatic heterocycles. The Morgan fingerprint density at radius 3 is 2.54 bits per heavy atom. The highest BCUT2D eigenvalue weighted by atomic mass is 16.5. The van der Waals surface area contributed by atoms with Gasteiger partial charge in [-0.25, -0.2) is 4.68 Å². The van der Waals surface area contributed by atoms with Crippen molar-refractivity contribution in [2.45, 2.75) is 31.2 Å². The quantitative estimate of drug-likeness (QED) is 0.845. The zero-order chi connectivity index (χ0) is 17.2. The van der Waals surface area contributed by atoms with E-state index in [4.69, 9.17) is 9.84 Å². The van der Waals surface area contributed by atoms with Gasteiger partial charge in [-0.15, -0.1) is 0 Å². The van der Waals surface area contributed by atoms with Crippen LogP contribution in [-0.2, 0) is 4.79 Å². The maximum atomic E-state index is 12.4. The fraction of sp³-hybridized carbons (Fsp3) is 0.353. The number of carbonyl (C=O) groups is 2. The van der Waals surface area contributed by atoms with Crippen LogP contribution in [0.2, 0.25) is 0 Å². The molecule has 0 radical (unpaired) electrons. The van der Waals surface area contributed by atoms with Crippen molar-refractivity contribution >= 4 is 11.9 Å². The molecule has 2 aromatic rings. The number of methoxy groups -OCH3 is 1. The van der Waals surface area contributed by atoms with Gasteiger partial charge in [-0.2, -0.15) is 5.10 Å². The summed E-state index contributed by atoms with van der Waals surface area (Å²) >= 11 is 0. The largest absolute Gasteiger partial charge is 0.497 e. The van der Waals surface area contributed by atoms with E-state index >= 15 is 0 Å². The number of aliphatic carboxylic acids is 1. The SMILES string of the molecule is COc1ccc(-n2ccc(C(=O)NC3(CC(=O)O)CCC3)n2)cc1. The molecule has 24 heavy (non-hydrogen) atoms. The average molecular weight is 329 g/mol. The minimum atomic E-state index is -0.904. The predicted molar refractivity (Wildman–Crippen MR) is 86.4 cm³/mol. The topological polar surface area (TPSA) is 93.5 Å². The Morgan fingerprint density at radius 2 is 2.00 bits per heavy atom. The van der Waals surface area contributed by atoms with E-state index in [9.17, 15) is 9.59 Å². The molecule has 0 spiro atoms. The van der Waals surface area contributed by atoms with Crippen LogP contribution >= 0.6 is 0 Å². The molecule has 2 N–H and O–H groups in total. The summed E-state index contributed by atoms with van der Waals surface area (Å²) in [6.07, 6.45) is 3.93. The van der Waals surface area contributed by atoms with E-state index in [0.29, 0.717) is 12.8 Å². The van der Waals surface area contributed by atoms with Crippen molar-refractivity contribution in [2.24, 2.45) is 0 Å². The maximum Gasteiger partial charge on any atom is 0.305 e. The van der Waals surface area contributed by atoms with Crippen molar-refractivity contribution in [1.29, 1.82) is 0 Å². The highest BCUT2D eigenvalue weighted by Crippen LogP contribution is 2.35. The van der Waals surface area contributed by atoms with Crippen LogP contribution in [0.5, 0.6) is 5.75 Å². The highest BCUT2D eigenvalue weighted by molar-refractivity contribution is 5.93. The summed E-state index contributed by atoms with van der Waals surface area (Å²) in [5, 5.41) is 16.1. The number of carbonyl (C=O) groups excluding carboxylic acids is 1. The molecule has 1 heterocycles. The molecule has 0 bridgehead atoms. The standard InChI is InChI=1S/C17H19N3O4/c1-24-13-5-3-12(4-6-13)20-10-7-14(19-20)16(23)18-17(8-2-9-17)11-15(21)22/h3-7,10H,2,8-9,11H2,1H3,(H,18,23)(H,21,22). The first kappa shape index (κ1) is 16.0. The fourth-order valence-corrected chi connectivity index (χ4v) is 2.87. The average Bonchev–Trinajstić information content (AvgIpc) is 3.02. The molecule has 1 aliphatic rings. The summed E-state index contributed by atoms with van der Waals surface area (Å²) in [5.41, 5.74) is 0.438. The van der Waals surface area contributed by atoms with Gasteiger partial charge in [0.2, 0.25) is 0 Å². The number of benzene rings is 1. The van der Waals surface area contributed by atoms with Crippen LogP contribution in [-0.4, -0.2) is 39.4 Å². The van der Waals surface area contributed by atoms with E-state index in [1.54, 1.807) is 24.1 Å². The second-order valence-electron chi connectivity index (χ2n) is 6.00. The number of amides is 1. The van der Waals surface area contributed by atoms with Crippen LogP contribution in [0.3, 0.4) is 0 Å². The number of nitrogens with one attached hydrogen (secondary N) is 1. The van der Waals surface area contributed by atoms with Crippen molar-refractivity contribution in [3.63, 3.8) is 0 Å². The third kappa shape index (κ3) is 3.24. The number of hydrogen-bond donors (Lipinski definition) is 2. The molecule has 3 rings (SSSR count). The van der Waals surface area contributed by atoms with Crippen molar-refractivity contribution in [3.05, 3.63) is 42.2 Å². The Labute approximate surface area is 139 Å². The van der Waals surface area contributed by atoms with E-state index < -0.39 is 11.5 Å². The van der Waals surface area contributed by atoms with Crippen molar-refractivity contribution in [2.75, 3.05) is 7.11 Å². The van der Waals surface area contributed by atoms with Crippen LogP contribution in [0, 0.1) is 0 Å². The second kappa shape index (κ2) is 6.35. The minimum Gasteiger partial charge on any atom is -0.497 e. The summed E-state index contributed by atoms with van der Waals surface area (Å²) < 4.78 is 6.71. The van der Waals surface area contributed by atoms with Gasteiger partial charge in [0.15, 0.2) is 5.69 Å². The first-order chi connectivity index (χ1) is 11.5. The number of carboxylic acid groups (broad SMARTS) is 1. The summed E-state index contributed by atoms with van der Waals surface area (Å²) in [5.74, 6) is -0.508. The second-order valence-corrected chi connectivity index (χ2v) is 6.00. The van der Waals surface area contributed by atoms with E-state index in [1.807, 2.05) is 24.3 Å². The number of carboxylic acids is 1. The van der Waals surface area contributed by atoms with Gasteiger partial charge in [0.25, 0.3) is 5.91 Å². The Morgan fingerprint density at radius 1 is 1.29 bits per heavy atom. The van der Waals surface area contributed by atoms with Gasteiger partial charge < -0.3 is 15.2 Å². The lowest BCUT2D eigenvalue weighted by Gasteiger charge is -2.41. The molecule has 7 nitrogen and oxygen atoms in total. The molecule has 0 unspecified atom stereocenters. The zero-order valence-corrected chi connectivity index (χ0v) is 13.4. The summed E-state index contributed by atoms with van der Waals surface area (Å²) in [7, 11) is 1.60. The van der Waals surface area contributed by atoms with Gasteiger partial charge in [0.05, 0.1) is 24.8 Å². The molecule has 126 valence electrons. The molecule has 0 saturated heterocycles. The monoisotopic (exact) mass is 329 g/mol. The number of ether oxygens (including phenoxy) is 1. The smallest absolute Gasteiger partial charge is 0.305 e. The van der Waals surface area contributed by atoms with Gasteiger partial charge in [-0.1, -0.05) is 0 Å². The van der Waals surface area contributed by atoms with E-state index in [2.05, 4.69) is 10.4 Å². The van der Waals surface area contributed by atoms with Gasteiger partial charge in [-0.3, -0.25) is 9.59 Å². The Hall–Kier alpha value is -2.83. The third-order valence-electron chi connectivity index (χ3n) is 4.34. The summed E-state index contributed by atoms with van der Waals surface area (Å²) in [6.45, 7) is 0. The van der Waals surface area contributed by atoms with Crippen molar-refractivity contribution in [1.82, 2.24) is 15.1 Å². The fourth-order valence-electron chi connectivity index (χ4n) is 2.87. The van der Waals surface area contributed by atoms with Gasteiger partial charge in [0, 0.05) is 6.20 Å². The van der Waals surface area contributed by atoms with Gasteiger partial charge >= 0.3 is 5.97 Å². The number of nitrogens with zero attached hydrogens (tertiary/aromatic N) is 2. The molecule has 1 aromatic carbocycles. The first-order valence-electron chi connectivity index (χ1n) is 7.76. The summed E-state index contributed by atoms with van der Waals surface area (Å²) in [4.78, 5) is 23.4. The van der Waals surface area contributed by atoms with E-state index in [1.165, 1.54) is 0 Å². The highest BCUT2D eigenvalue weighted by Gasteiger charge is 2.40. The molecule has 1 amide bonds. The van der Waals surface area contributed by atoms with Gasteiger partial charge in [-0.05, 0) is 49.6 Å². The summed E-state index contributed by atoms with van der Waals surface area (Å²) in [6, 6.07) is 8.92. The van der Waals surface area contributed by atoms with Crippen LogP contribution in [0.1, 0.15) is 36.2 Å². The van der Waals surface area contributed by atoms with Crippen molar-refractivity contribution < 1.29 is 19.4 Å². The van der Waals surface area contributed by atoms with Gasteiger partial charge in [0.1, 0.15) is 5.75 Å². The molecular weight excluding hydrogens is 310 g/mol. The number of hydrogen-bond acceptors (Lipinski definition) is 4. The van der Waals surface area contributed by atoms with E-state index in [-0.39, 0.29) is 18.0 Å². The normalized spacial score (nSPS) is 15.4. The lowest BCUT2D eigenvalue weighted by molar-refractivity contribution is -0.139. The van der Waals surface area contributed by atoms with Crippen molar-refractivity contribution in [3.8, 4) is 11.4 Å². The maximum absolute atomic E-state index is 12.4. The lowest BCUT2D eigenvalue weighted by atomic mass is 9.74.